The highest BCUT2D eigenvalue weighted by Gasteiger charge is 2.07. The van der Waals surface area contributed by atoms with Gasteiger partial charge in [-0.25, -0.2) is 0 Å². The van der Waals surface area contributed by atoms with Crippen LogP contribution >= 0.6 is 0 Å². The van der Waals surface area contributed by atoms with E-state index in [2.05, 4.69) is 10.6 Å². The summed E-state index contributed by atoms with van der Waals surface area (Å²) in [7, 11) is 0. The number of benzene rings is 2. The maximum Gasteiger partial charge on any atom is 0.257 e. The first kappa shape index (κ1) is 22.1. The molecule has 2 rings (SSSR count). The molecule has 156 valence electrons. The molecule has 0 atom stereocenters. The Bertz CT molecular complexity index is 805. The van der Waals surface area contributed by atoms with Crippen LogP contribution in [-0.2, 0) is 16.0 Å². The predicted molar refractivity (Wildman–Crippen MR) is 112 cm³/mol. The molecule has 7 heteroatoms. The lowest BCUT2D eigenvalue weighted by Crippen LogP contribution is -2.30. The molecule has 2 aromatic carbocycles. The van der Waals surface area contributed by atoms with Crippen molar-refractivity contribution in [1.82, 2.24) is 5.32 Å². The molecule has 0 saturated carbocycles. The van der Waals surface area contributed by atoms with E-state index in [9.17, 15) is 9.59 Å². The summed E-state index contributed by atoms with van der Waals surface area (Å²) in [6.07, 6.45) is 0.670. The fourth-order valence-corrected chi connectivity index (χ4v) is 2.63. The molecule has 7 nitrogen and oxygen atoms in total. The van der Waals surface area contributed by atoms with Gasteiger partial charge < -0.3 is 24.8 Å². The van der Waals surface area contributed by atoms with Crippen LogP contribution in [0.3, 0.4) is 0 Å². The van der Waals surface area contributed by atoms with Crippen LogP contribution in [0.5, 0.6) is 17.2 Å². The summed E-state index contributed by atoms with van der Waals surface area (Å²) < 4.78 is 16.6. The van der Waals surface area contributed by atoms with Crippen LogP contribution in [0.4, 0.5) is 5.69 Å². The Morgan fingerprint density at radius 1 is 0.897 bits per heavy atom. The van der Waals surface area contributed by atoms with E-state index >= 15 is 0 Å². The standard InChI is InChI=1S/C22H28N2O5/c1-4-27-20-11-6-17(14-21(20)28-5-2)12-13-23-22(26)15-29-19-9-7-18(8-10-19)24-16(3)25/h6-11,14H,4-5,12-13,15H2,1-3H3,(H,23,26)(H,24,25). The first-order chi connectivity index (χ1) is 14.0. The second-order valence-corrected chi connectivity index (χ2v) is 6.24. The van der Waals surface area contributed by atoms with Crippen molar-refractivity contribution in [3.05, 3.63) is 48.0 Å². The number of rotatable bonds is 11. The molecule has 0 aromatic heterocycles. The number of hydrogen-bond acceptors (Lipinski definition) is 5. The highest BCUT2D eigenvalue weighted by molar-refractivity contribution is 5.88. The lowest BCUT2D eigenvalue weighted by atomic mass is 10.1. The molecule has 0 radical (unpaired) electrons. The van der Waals surface area contributed by atoms with Crippen LogP contribution in [0.2, 0.25) is 0 Å². The van der Waals surface area contributed by atoms with Gasteiger partial charge in [0.15, 0.2) is 18.1 Å². The summed E-state index contributed by atoms with van der Waals surface area (Å²) >= 11 is 0. The van der Waals surface area contributed by atoms with Crippen LogP contribution in [-0.4, -0.2) is 38.2 Å². The van der Waals surface area contributed by atoms with E-state index in [0.29, 0.717) is 43.4 Å². The third-order valence-corrected chi connectivity index (χ3v) is 3.89. The van der Waals surface area contributed by atoms with E-state index < -0.39 is 0 Å². The molecular formula is C22H28N2O5. The van der Waals surface area contributed by atoms with Gasteiger partial charge in [0.05, 0.1) is 13.2 Å². The Morgan fingerprint density at radius 2 is 1.59 bits per heavy atom. The number of amides is 2. The third kappa shape index (κ3) is 7.73. The minimum absolute atomic E-state index is 0.0764. The number of ether oxygens (including phenoxy) is 3. The normalized spacial score (nSPS) is 10.2. The van der Waals surface area contributed by atoms with E-state index in [1.165, 1.54) is 6.92 Å². The fraction of sp³-hybridized carbons (Fsp3) is 0.364. The Morgan fingerprint density at radius 3 is 2.24 bits per heavy atom. The minimum Gasteiger partial charge on any atom is -0.490 e. The van der Waals surface area contributed by atoms with Gasteiger partial charge in [0.25, 0.3) is 5.91 Å². The Hall–Kier alpha value is -3.22. The summed E-state index contributed by atoms with van der Waals surface area (Å²) in [6.45, 7) is 6.85. The molecule has 0 unspecified atom stereocenters. The zero-order valence-corrected chi connectivity index (χ0v) is 17.1. The predicted octanol–water partition coefficient (Wildman–Crippen LogP) is 3.18. The van der Waals surface area contributed by atoms with Crippen molar-refractivity contribution < 1.29 is 23.8 Å². The van der Waals surface area contributed by atoms with Gasteiger partial charge in [-0.2, -0.15) is 0 Å². The SMILES string of the molecule is CCOc1ccc(CCNC(=O)COc2ccc(NC(C)=O)cc2)cc1OCC. The lowest BCUT2D eigenvalue weighted by molar-refractivity contribution is -0.123. The van der Waals surface area contributed by atoms with Gasteiger partial charge in [-0.15, -0.1) is 0 Å². The summed E-state index contributed by atoms with van der Waals surface area (Å²) in [6, 6.07) is 12.6. The smallest absolute Gasteiger partial charge is 0.257 e. The highest BCUT2D eigenvalue weighted by atomic mass is 16.5. The molecule has 0 aliphatic heterocycles. The van der Waals surface area contributed by atoms with Crippen LogP contribution in [0, 0.1) is 0 Å². The van der Waals surface area contributed by atoms with Crippen molar-refractivity contribution in [2.75, 3.05) is 31.7 Å². The molecule has 0 bridgehead atoms. The quantitative estimate of drug-likeness (QED) is 0.605. The minimum atomic E-state index is -0.202. The summed E-state index contributed by atoms with van der Waals surface area (Å²) in [5.41, 5.74) is 1.72. The molecule has 2 aromatic rings. The summed E-state index contributed by atoms with van der Waals surface area (Å²) in [5, 5.41) is 5.51. The Balaban J connectivity index is 1.76. The molecular weight excluding hydrogens is 372 g/mol. The van der Waals surface area contributed by atoms with Crippen molar-refractivity contribution in [1.29, 1.82) is 0 Å². The maximum absolute atomic E-state index is 12.0. The molecule has 2 amide bonds. The molecule has 0 spiro atoms. The lowest BCUT2D eigenvalue weighted by Gasteiger charge is -2.13. The van der Waals surface area contributed by atoms with Gasteiger partial charge in [0.2, 0.25) is 5.91 Å². The van der Waals surface area contributed by atoms with Gasteiger partial charge in [-0.3, -0.25) is 9.59 Å². The number of nitrogens with one attached hydrogen (secondary N) is 2. The van der Waals surface area contributed by atoms with Crippen LogP contribution in [0.15, 0.2) is 42.5 Å². The number of carbonyl (C=O) groups is 2. The van der Waals surface area contributed by atoms with E-state index in [1.54, 1.807) is 24.3 Å². The molecule has 0 fully saturated rings. The van der Waals surface area contributed by atoms with E-state index in [0.717, 1.165) is 11.3 Å². The van der Waals surface area contributed by atoms with E-state index in [-0.39, 0.29) is 18.4 Å². The second kappa shape index (κ2) is 11.6. The van der Waals surface area contributed by atoms with Gasteiger partial charge in [-0.1, -0.05) is 6.07 Å². The second-order valence-electron chi connectivity index (χ2n) is 6.24. The average molecular weight is 400 g/mol. The zero-order chi connectivity index (χ0) is 21.1. The first-order valence-electron chi connectivity index (χ1n) is 9.67. The molecule has 0 aliphatic carbocycles. The Labute approximate surface area is 171 Å². The van der Waals surface area contributed by atoms with Crippen molar-refractivity contribution in [3.8, 4) is 17.2 Å². The number of carbonyl (C=O) groups excluding carboxylic acids is 2. The zero-order valence-electron chi connectivity index (χ0n) is 17.1. The topological polar surface area (TPSA) is 85.9 Å². The Kier molecular flexibility index (Phi) is 8.82. The van der Waals surface area contributed by atoms with Gasteiger partial charge in [0, 0.05) is 19.2 Å². The highest BCUT2D eigenvalue weighted by Crippen LogP contribution is 2.28. The van der Waals surface area contributed by atoms with Crippen molar-refractivity contribution in [3.63, 3.8) is 0 Å². The van der Waals surface area contributed by atoms with Gasteiger partial charge in [-0.05, 0) is 62.2 Å². The van der Waals surface area contributed by atoms with Crippen LogP contribution in [0.25, 0.3) is 0 Å². The number of hydrogen-bond donors (Lipinski definition) is 2. The summed E-state index contributed by atoms with van der Waals surface area (Å²) in [4.78, 5) is 23.0. The van der Waals surface area contributed by atoms with Crippen LogP contribution < -0.4 is 24.8 Å². The van der Waals surface area contributed by atoms with Crippen molar-refractivity contribution in [2.45, 2.75) is 27.2 Å². The van der Waals surface area contributed by atoms with Crippen molar-refractivity contribution in [2.24, 2.45) is 0 Å². The van der Waals surface area contributed by atoms with E-state index in [1.807, 2.05) is 32.0 Å². The molecule has 0 saturated heterocycles. The van der Waals surface area contributed by atoms with Crippen LogP contribution in [0.1, 0.15) is 26.3 Å². The van der Waals surface area contributed by atoms with Gasteiger partial charge >= 0.3 is 0 Å². The summed E-state index contributed by atoms with van der Waals surface area (Å²) in [5.74, 6) is 1.65. The first-order valence-corrected chi connectivity index (χ1v) is 9.67. The maximum atomic E-state index is 12.0. The molecule has 0 aliphatic rings. The van der Waals surface area contributed by atoms with E-state index in [4.69, 9.17) is 14.2 Å². The monoisotopic (exact) mass is 400 g/mol. The average Bonchev–Trinajstić information content (AvgIpc) is 2.69. The molecule has 2 N–H and O–H groups in total. The molecule has 29 heavy (non-hydrogen) atoms. The largest absolute Gasteiger partial charge is 0.490 e. The number of anilines is 1. The third-order valence-electron chi connectivity index (χ3n) is 3.89. The van der Waals surface area contributed by atoms with Crippen molar-refractivity contribution >= 4 is 17.5 Å². The van der Waals surface area contributed by atoms with Gasteiger partial charge in [0.1, 0.15) is 5.75 Å². The molecule has 0 heterocycles. The fourth-order valence-electron chi connectivity index (χ4n) is 2.63.